The molecule has 6 amide bonds. The maximum atomic E-state index is 13.8. The lowest BCUT2D eigenvalue weighted by atomic mass is 10.0. The average molecular weight is 833 g/mol. The summed E-state index contributed by atoms with van der Waals surface area (Å²) in [6.45, 7) is 9.80. The number of aromatic amines is 3. The van der Waals surface area contributed by atoms with Crippen LogP contribution in [0.4, 0.5) is 0 Å². The zero-order chi connectivity index (χ0) is 44.1. The summed E-state index contributed by atoms with van der Waals surface area (Å²) in [5.74, 6) is -5.94. The predicted molar refractivity (Wildman–Crippen MR) is 219 cm³/mol. The lowest BCUT2D eigenvalue weighted by Crippen LogP contribution is -2.60. The third kappa shape index (κ3) is 13.2. The Kier molecular flexibility index (Phi) is 16.5. The second kappa shape index (κ2) is 21.4. The molecule has 60 heavy (non-hydrogen) atoms. The summed E-state index contributed by atoms with van der Waals surface area (Å²) in [6, 6.07) is -0.674. The summed E-state index contributed by atoms with van der Waals surface area (Å²) in [7, 11) is 0. The molecule has 0 aliphatic carbocycles. The fraction of sp³-hybridized carbons (Fsp3) is 0.475. The number of para-hydroxylation sites is 1. The Bertz CT molecular complexity index is 2080. The molecule has 0 saturated heterocycles. The number of carboxylic acids is 1. The lowest BCUT2D eigenvalue weighted by molar-refractivity contribution is -0.142. The number of carboxylic acid groups (broad SMARTS) is 1. The van der Waals surface area contributed by atoms with Gasteiger partial charge in [0, 0.05) is 60.1 Å². The van der Waals surface area contributed by atoms with E-state index >= 15 is 0 Å². The van der Waals surface area contributed by atoms with Crippen LogP contribution in [-0.4, -0.2) is 114 Å². The minimum Gasteiger partial charge on any atom is -0.480 e. The van der Waals surface area contributed by atoms with Crippen LogP contribution in [0.3, 0.4) is 0 Å². The van der Waals surface area contributed by atoms with Gasteiger partial charge in [0.1, 0.15) is 36.3 Å². The first-order valence-electron chi connectivity index (χ1n) is 19.7. The van der Waals surface area contributed by atoms with E-state index in [4.69, 9.17) is 5.73 Å². The molecule has 20 nitrogen and oxygen atoms in total. The molecular weight excluding hydrogens is 777 g/mol. The SMILES string of the molecule is CC(C)C[C@H](NC(=O)[C@H](Cc1cnc[nH]1)NC(=O)[C@H](C)NC(=O)[C@@H](NC(=O)[C@H](C)NC(=O)[C@H](Cc1c[nH]c2ccccc12)NC(=O)[C@@H](N)Cc1cnc[nH]1)C(C)C)C(=O)O. The van der Waals surface area contributed by atoms with Gasteiger partial charge in [0.2, 0.25) is 35.4 Å². The number of rotatable bonds is 22. The summed E-state index contributed by atoms with van der Waals surface area (Å²) in [4.78, 5) is 109. The van der Waals surface area contributed by atoms with Gasteiger partial charge in [-0.3, -0.25) is 28.8 Å². The van der Waals surface area contributed by atoms with Crippen LogP contribution in [0.5, 0.6) is 0 Å². The summed E-state index contributed by atoms with van der Waals surface area (Å²) in [5.41, 5.74) is 8.87. The van der Waals surface area contributed by atoms with E-state index in [-0.39, 0.29) is 31.6 Å². The van der Waals surface area contributed by atoms with Crippen LogP contribution in [0.15, 0.2) is 55.5 Å². The number of aromatic nitrogens is 5. The second-order valence-electron chi connectivity index (χ2n) is 15.6. The number of amides is 6. The summed E-state index contributed by atoms with van der Waals surface area (Å²) in [5, 5.41) is 26.2. The van der Waals surface area contributed by atoms with Crippen molar-refractivity contribution in [2.45, 2.75) is 110 Å². The van der Waals surface area contributed by atoms with E-state index in [0.29, 0.717) is 11.4 Å². The van der Waals surface area contributed by atoms with Crippen molar-refractivity contribution in [1.29, 1.82) is 0 Å². The molecule has 1 aromatic carbocycles. The number of H-pyrrole nitrogens is 3. The van der Waals surface area contributed by atoms with Crippen molar-refractivity contribution in [1.82, 2.24) is 56.8 Å². The number of hydrogen-bond donors (Lipinski definition) is 11. The van der Waals surface area contributed by atoms with Crippen LogP contribution in [0.2, 0.25) is 0 Å². The highest BCUT2D eigenvalue weighted by Gasteiger charge is 2.33. The normalized spacial score (nSPS) is 14.9. The molecule has 20 heteroatoms. The van der Waals surface area contributed by atoms with Crippen LogP contribution in [0.25, 0.3) is 10.9 Å². The van der Waals surface area contributed by atoms with Crippen molar-refractivity contribution in [3.05, 3.63) is 72.5 Å². The van der Waals surface area contributed by atoms with Crippen molar-refractivity contribution >= 4 is 52.3 Å². The van der Waals surface area contributed by atoms with E-state index in [1.807, 2.05) is 38.1 Å². The molecule has 0 aliphatic rings. The van der Waals surface area contributed by atoms with Gasteiger partial charge in [-0.1, -0.05) is 45.9 Å². The van der Waals surface area contributed by atoms with Crippen LogP contribution in [-0.2, 0) is 52.8 Å². The molecule has 3 heterocycles. The van der Waals surface area contributed by atoms with Crippen molar-refractivity contribution in [2.75, 3.05) is 0 Å². The molecule has 0 spiro atoms. The molecule has 7 atom stereocenters. The molecule has 324 valence electrons. The highest BCUT2D eigenvalue weighted by atomic mass is 16.4. The Morgan fingerprint density at radius 1 is 0.633 bits per heavy atom. The average Bonchev–Trinajstić information content (AvgIpc) is 3.99. The minimum absolute atomic E-state index is 0.0419. The van der Waals surface area contributed by atoms with Gasteiger partial charge in [0.15, 0.2) is 0 Å². The summed E-state index contributed by atoms with van der Waals surface area (Å²) < 4.78 is 0. The Morgan fingerprint density at radius 2 is 1.17 bits per heavy atom. The number of benzene rings is 1. The number of carbonyl (C=O) groups is 7. The standard InChI is InChI=1S/C40H56N12O8/c1-20(2)11-32(40(59)60)51-38(57)31(14-26-17-43-19-46-26)49-34(53)22(5)48-39(58)33(21(3)4)52-35(54)23(6)47-37(56)30(12-24-15-44-29-10-8-7-9-27(24)29)50-36(55)28(41)13-25-16-42-18-45-25/h7-10,15-23,28,30-33,44H,11-14,41H2,1-6H3,(H,42,45)(H,43,46)(H,47,56)(H,48,58)(H,49,53)(H,50,55)(H,51,57)(H,52,54)(H,59,60)/t22-,23-,28-,30-,31-,32-,33-/m0/s1. The Balaban J connectivity index is 1.40. The molecule has 0 aliphatic heterocycles. The number of nitrogens with one attached hydrogen (secondary N) is 9. The third-order valence-electron chi connectivity index (χ3n) is 9.75. The highest BCUT2D eigenvalue weighted by molar-refractivity contribution is 5.97. The summed E-state index contributed by atoms with van der Waals surface area (Å²) >= 11 is 0. The molecule has 0 fully saturated rings. The molecule has 0 unspecified atom stereocenters. The predicted octanol–water partition coefficient (Wildman–Crippen LogP) is -0.295. The van der Waals surface area contributed by atoms with Crippen molar-refractivity contribution in [3.63, 3.8) is 0 Å². The van der Waals surface area contributed by atoms with Gasteiger partial charge in [-0.15, -0.1) is 0 Å². The number of carbonyl (C=O) groups excluding carboxylic acids is 6. The van der Waals surface area contributed by atoms with Gasteiger partial charge < -0.3 is 57.7 Å². The molecular formula is C40H56N12O8. The van der Waals surface area contributed by atoms with Crippen LogP contribution >= 0.6 is 0 Å². The fourth-order valence-corrected chi connectivity index (χ4v) is 6.38. The molecule has 12 N–H and O–H groups in total. The molecule has 4 rings (SSSR count). The smallest absolute Gasteiger partial charge is 0.326 e. The molecule has 0 bridgehead atoms. The van der Waals surface area contributed by atoms with Gasteiger partial charge >= 0.3 is 5.97 Å². The number of aliphatic carboxylic acids is 1. The van der Waals surface area contributed by atoms with Crippen molar-refractivity contribution in [3.8, 4) is 0 Å². The third-order valence-corrected chi connectivity index (χ3v) is 9.75. The summed E-state index contributed by atoms with van der Waals surface area (Å²) in [6.07, 6.45) is 7.90. The van der Waals surface area contributed by atoms with E-state index in [1.165, 1.54) is 32.7 Å². The zero-order valence-electron chi connectivity index (χ0n) is 34.5. The highest BCUT2D eigenvalue weighted by Crippen LogP contribution is 2.19. The Hall–Kier alpha value is -6.57. The molecule has 4 aromatic rings. The second-order valence-corrected chi connectivity index (χ2v) is 15.6. The quantitative estimate of drug-likeness (QED) is 0.0489. The minimum atomic E-state index is -1.23. The van der Waals surface area contributed by atoms with Crippen LogP contribution in [0.1, 0.15) is 64.9 Å². The maximum absolute atomic E-state index is 13.8. The molecule has 0 saturated carbocycles. The topological polar surface area (TPSA) is 311 Å². The number of imidazole rings is 2. The monoisotopic (exact) mass is 832 g/mol. The Morgan fingerprint density at radius 3 is 1.75 bits per heavy atom. The van der Waals surface area contributed by atoms with Crippen molar-refractivity contribution in [2.24, 2.45) is 17.6 Å². The maximum Gasteiger partial charge on any atom is 0.326 e. The molecule has 3 aromatic heterocycles. The van der Waals surface area contributed by atoms with Gasteiger partial charge in [-0.25, -0.2) is 14.8 Å². The van der Waals surface area contributed by atoms with Gasteiger partial charge in [0.05, 0.1) is 18.7 Å². The van der Waals surface area contributed by atoms with E-state index in [0.717, 1.165) is 16.5 Å². The first-order valence-corrected chi connectivity index (χ1v) is 19.7. The van der Waals surface area contributed by atoms with E-state index < -0.39 is 89.6 Å². The number of nitrogens with two attached hydrogens (primary N) is 1. The number of fused-ring (bicyclic) bond motifs is 1. The van der Waals surface area contributed by atoms with E-state index in [2.05, 4.69) is 56.8 Å². The van der Waals surface area contributed by atoms with Gasteiger partial charge in [-0.2, -0.15) is 0 Å². The van der Waals surface area contributed by atoms with Crippen LogP contribution in [0, 0.1) is 11.8 Å². The van der Waals surface area contributed by atoms with Gasteiger partial charge in [-0.05, 0) is 43.7 Å². The lowest BCUT2D eigenvalue weighted by Gasteiger charge is -2.27. The first kappa shape index (κ1) is 46.1. The first-order chi connectivity index (χ1) is 28.4. The Labute approximate surface area is 346 Å². The van der Waals surface area contributed by atoms with Crippen LogP contribution < -0.4 is 37.6 Å². The van der Waals surface area contributed by atoms with E-state index in [9.17, 15) is 38.7 Å². The molecule has 0 radical (unpaired) electrons. The fourth-order valence-electron chi connectivity index (χ4n) is 6.38. The number of nitrogens with zero attached hydrogens (tertiary/aromatic N) is 2. The van der Waals surface area contributed by atoms with Gasteiger partial charge in [0.25, 0.3) is 0 Å². The number of hydrogen-bond acceptors (Lipinski definition) is 10. The zero-order valence-corrected chi connectivity index (χ0v) is 34.5. The van der Waals surface area contributed by atoms with Crippen molar-refractivity contribution < 1.29 is 38.7 Å². The largest absolute Gasteiger partial charge is 0.480 e. The van der Waals surface area contributed by atoms with E-state index in [1.54, 1.807) is 26.2 Å².